The summed E-state index contributed by atoms with van der Waals surface area (Å²) in [7, 11) is 0. The van der Waals surface area contributed by atoms with E-state index in [2.05, 4.69) is 20.2 Å². The third-order valence-electron chi connectivity index (χ3n) is 5.79. The third kappa shape index (κ3) is 4.69. The SMILES string of the molecule is O=C(Nc1nc(CN2CCCCCC2)cs1)c1cc(-c2ccncc2)nc2ccccc12. The summed E-state index contributed by atoms with van der Waals surface area (Å²) in [5.74, 6) is -0.172. The minimum Gasteiger partial charge on any atom is -0.298 e. The highest BCUT2D eigenvalue weighted by Crippen LogP contribution is 2.26. The number of nitrogens with one attached hydrogen (secondary N) is 1. The standard InChI is InChI=1S/C25H25N5OS/c31-24(29-25-27-19(17-32-25)16-30-13-5-1-2-6-14-30)21-15-23(18-9-11-26-12-10-18)28-22-8-4-3-7-20(21)22/h3-4,7-12,15,17H,1-2,5-6,13-14,16H2,(H,27,29,31). The minimum atomic E-state index is -0.172. The van der Waals surface area contributed by atoms with Crippen molar-refractivity contribution in [2.75, 3.05) is 18.4 Å². The zero-order valence-electron chi connectivity index (χ0n) is 17.8. The van der Waals surface area contributed by atoms with Crippen LogP contribution in [0.15, 0.2) is 60.2 Å². The van der Waals surface area contributed by atoms with Gasteiger partial charge in [0.25, 0.3) is 5.91 Å². The molecule has 7 heteroatoms. The Balaban J connectivity index is 1.38. The molecule has 1 N–H and O–H groups in total. The molecule has 4 heterocycles. The first-order valence-corrected chi connectivity index (χ1v) is 11.9. The molecule has 0 saturated carbocycles. The molecule has 0 spiro atoms. The summed E-state index contributed by atoms with van der Waals surface area (Å²) >= 11 is 1.48. The van der Waals surface area contributed by atoms with Crippen molar-refractivity contribution in [2.45, 2.75) is 32.2 Å². The lowest BCUT2D eigenvalue weighted by Crippen LogP contribution is -2.24. The van der Waals surface area contributed by atoms with Crippen molar-refractivity contribution in [3.63, 3.8) is 0 Å². The molecule has 4 aromatic rings. The second-order valence-corrected chi connectivity index (χ2v) is 8.95. The fourth-order valence-corrected chi connectivity index (χ4v) is 4.86. The number of fused-ring (bicyclic) bond motifs is 1. The molecule has 0 bridgehead atoms. The molecule has 1 aliphatic heterocycles. The van der Waals surface area contributed by atoms with Gasteiger partial charge in [0, 0.05) is 35.3 Å². The molecule has 1 aromatic carbocycles. The second-order valence-electron chi connectivity index (χ2n) is 8.10. The summed E-state index contributed by atoms with van der Waals surface area (Å²) in [6.45, 7) is 3.09. The van der Waals surface area contributed by atoms with Crippen LogP contribution < -0.4 is 5.32 Å². The van der Waals surface area contributed by atoms with Gasteiger partial charge in [-0.2, -0.15) is 0 Å². The van der Waals surface area contributed by atoms with E-state index in [9.17, 15) is 4.79 Å². The topological polar surface area (TPSA) is 71.0 Å². The van der Waals surface area contributed by atoms with Gasteiger partial charge in [0.15, 0.2) is 5.13 Å². The summed E-state index contributed by atoms with van der Waals surface area (Å²) in [5.41, 5.74) is 4.06. The van der Waals surface area contributed by atoms with Gasteiger partial charge in [-0.25, -0.2) is 9.97 Å². The zero-order chi connectivity index (χ0) is 21.8. The Bertz CT molecular complexity index is 1220. The fraction of sp³-hybridized carbons (Fsp3) is 0.280. The lowest BCUT2D eigenvalue weighted by atomic mass is 10.0. The van der Waals surface area contributed by atoms with Gasteiger partial charge < -0.3 is 0 Å². The highest BCUT2D eigenvalue weighted by Gasteiger charge is 2.16. The number of likely N-dealkylation sites (tertiary alicyclic amines) is 1. The number of aromatic nitrogens is 3. The number of pyridine rings is 2. The maximum atomic E-state index is 13.3. The molecule has 3 aromatic heterocycles. The Morgan fingerprint density at radius 1 is 1.00 bits per heavy atom. The van der Waals surface area contributed by atoms with E-state index < -0.39 is 0 Å². The first-order chi connectivity index (χ1) is 15.8. The van der Waals surface area contributed by atoms with E-state index >= 15 is 0 Å². The molecule has 6 nitrogen and oxygen atoms in total. The van der Waals surface area contributed by atoms with Crippen LogP contribution in [0.25, 0.3) is 22.2 Å². The highest BCUT2D eigenvalue weighted by atomic mass is 32.1. The number of thiazole rings is 1. The van der Waals surface area contributed by atoms with Gasteiger partial charge in [-0.1, -0.05) is 31.0 Å². The number of para-hydroxylation sites is 1. The Labute approximate surface area is 191 Å². The van der Waals surface area contributed by atoms with Crippen LogP contribution in [0.2, 0.25) is 0 Å². The second kappa shape index (κ2) is 9.54. The number of carbonyl (C=O) groups is 1. The van der Waals surface area contributed by atoms with E-state index in [0.717, 1.165) is 47.5 Å². The lowest BCUT2D eigenvalue weighted by molar-refractivity contribution is 0.102. The summed E-state index contributed by atoms with van der Waals surface area (Å²) in [6.07, 6.45) is 8.60. The number of hydrogen-bond acceptors (Lipinski definition) is 6. The van der Waals surface area contributed by atoms with Crippen molar-refractivity contribution in [1.82, 2.24) is 19.9 Å². The van der Waals surface area contributed by atoms with Gasteiger partial charge in [0.1, 0.15) is 0 Å². The quantitative estimate of drug-likeness (QED) is 0.448. The first-order valence-electron chi connectivity index (χ1n) is 11.0. The van der Waals surface area contributed by atoms with Crippen molar-refractivity contribution in [3.05, 3.63) is 71.5 Å². The van der Waals surface area contributed by atoms with Crippen LogP contribution in [0.3, 0.4) is 0 Å². The average molecular weight is 444 g/mol. The molecule has 0 atom stereocenters. The predicted octanol–water partition coefficient (Wildman–Crippen LogP) is 5.38. The van der Waals surface area contributed by atoms with Gasteiger partial charge in [0.2, 0.25) is 0 Å². The number of benzene rings is 1. The maximum Gasteiger partial charge on any atom is 0.258 e. The number of amides is 1. The van der Waals surface area contributed by atoms with Crippen molar-refractivity contribution >= 4 is 33.3 Å². The van der Waals surface area contributed by atoms with E-state index in [0.29, 0.717) is 10.7 Å². The monoisotopic (exact) mass is 443 g/mol. The van der Waals surface area contributed by atoms with E-state index in [1.165, 1.54) is 37.0 Å². The van der Waals surface area contributed by atoms with E-state index in [-0.39, 0.29) is 5.91 Å². The van der Waals surface area contributed by atoms with Crippen LogP contribution in [0, 0.1) is 0 Å². The van der Waals surface area contributed by atoms with E-state index in [1.54, 1.807) is 12.4 Å². The number of rotatable bonds is 5. The molecular formula is C25H25N5OS. The average Bonchev–Trinajstić information content (AvgIpc) is 3.10. The summed E-state index contributed by atoms with van der Waals surface area (Å²) in [5, 5.41) is 6.51. The van der Waals surface area contributed by atoms with E-state index in [1.807, 2.05) is 47.8 Å². The van der Waals surface area contributed by atoms with Crippen molar-refractivity contribution in [1.29, 1.82) is 0 Å². The summed E-state index contributed by atoms with van der Waals surface area (Å²) in [6, 6.07) is 13.4. The number of hydrogen-bond donors (Lipinski definition) is 1. The van der Waals surface area contributed by atoms with Crippen LogP contribution in [-0.2, 0) is 6.54 Å². The van der Waals surface area contributed by atoms with Crippen LogP contribution in [0.5, 0.6) is 0 Å². The van der Waals surface area contributed by atoms with Gasteiger partial charge in [-0.05, 0) is 50.2 Å². The molecular weight excluding hydrogens is 418 g/mol. The van der Waals surface area contributed by atoms with Crippen molar-refractivity contribution in [2.24, 2.45) is 0 Å². The molecule has 1 amide bonds. The molecule has 32 heavy (non-hydrogen) atoms. The lowest BCUT2D eigenvalue weighted by Gasteiger charge is -2.17. The van der Waals surface area contributed by atoms with Gasteiger partial charge >= 0.3 is 0 Å². The van der Waals surface area contributed by atoms with Gasteiger partial charge in [-0.15, -0.1) is 11.3 Å². The third-order valence-corrected chi connectivity index (χ3v) is 6.60. The number of anilines is 1. The minimum absolute atomic E-state index is 0.172. The van der Waals surface area contributed by atoms with E-state index in [4.69, 9.17) is 4.98 Å². The first kappa shape index (κ1) is 20.7. The molecule has 162 valence electrons. The Morgan fingerprint density at radius 3 is 2.59 bits per heavy atom. The molecule has 0 radical (unpaired) electrons. The largest absolute Gasteiger partial charge is 0.298 e. The van der Waals surface area contributed by atoms with Crippen molar-refractivity contribution in [3.8, 4) is 11.3 Å². The smallest absolute Gasteiger partial charge is 0.258 e. The molecule has 0 unspecified atom stereocenters. The Hall–Kier alpha value is -3.16. The zero-order valence-corrected chi connectivity index (χ0v) is 18.6. The Kier molecular flexibility index (Phi) is 6.18. The van der Waals surface area contributed by atoms with Crippen LogP contribution in [0.1, 0.15) is 41.7 Å². The normalized spacial score (nSPS) is 14.9. The molecule has 0 aliphatic carbocycles. The Morgan fingerprint density at radius 2 is 1.78 bits per heavy atom. The highest BCUT2D eigenvalue weighted by molar-refractivity contribution is 7.14. The summed E-state index contributed by atoms with van der Waals surface area (Å²) in [4.78, 5) is 29.2. The predicted molar refractivity (Wildman–Crippen MR) is 129 cm³/mol. The maximum absolute atomic E-state index is 13.3. The number of nitrogens with zero attached hydrogens (tertiary/aromatic N) is 4. The van der Waals surface area contributed by atoms with Crippen LogP contribution >= 0.6 is 11.3 Å². The van der Waals surface area contributed by atoms with Crippen molar-refractivity contribution < 1.29 is 4.79 Å². The van der Waals surface area contributed by atoms with Gasteiger partial charge in [0.05, 0.1) is 22.5 Å². The molecule has 1 aliphatic rings. The molecule has 1 fully saturated rings. The van der Waals surface area contributed by atoms with Gasteiger partial charge in [-0.3, -0.25) is 20.0 Å². The molecule has 5 rings (SSSR count). The number of carbonyl (C=O) groups excluding carboxylic acids is 1. The van der Waals surface area contributed by atoms with Crippen LogP contribution in [0.4, 0.5) is 5.13 Å². The summed E-state index contributed by atoms with van der Waals surface area (Å²) < 4.78 is 0. The fourth-order valence-electron chi connectivity index (χ4n) is 4.16. The van der Waals surface area contributed by atoms with Crippen LogP contribution in [-0.4, -0.2) is 38.8 Å². The molecule has 1 saturated heterocycles.